The van der Waals surface area contributed by atoms with Gasteiger partial charge in [-0.2, -0.15) is 0 Å². The molecule has 1 aliphatic rings. The van der Waals surface area contributed by atoms with Gasteiger partial charge in [-0.3, -0.25) is 4.79 Å². The first kappa shape index (κ1) is 13.5. The van der Waals surface area contributed by atoms with Crippen LogP contribution in [0, 0.1) is 0 Å². The standard InChI is InChI=1S/C14H18N2O3/c1-2-12(14(18)19)16-13(17)11-5-3-4-9-8-15-7-6-10(9)11/h3-5,12,15H,2,6-8H2,1H3,(H,16,17)(H,18,19)/t12-/m0/s1. The third-order valence-electron chi connectivity index (χ3n) is 3.40. The average Bonchev–Trinajstić information content (AvgIpc) is 2.43. The van der Waals surface area contributed by atoms with E-state index in [0.717, 1.165) is 30.6 Å². The monoisotopic (exact) mass is 262 g/mol. The number of benzene rings is 1. The van der Waals surface area contributed by atoms with Crippen LogP contribution in [0.25, 0.3) is 0 Å². The number of rotatable bonds is 4. The predicted molar refractivity (Wildman–Crippen MR) is 71.0 cm³/mol. The molecule has 0 unspecified atom stereocenters. The summed E-state index contributed by atoms with van der Waals surface area (Å²) in [6, 6.07) is 4.76. The highest BCUT2D eigenvalue weighted by Gasteiger charge is 2.22. The van der Waals surface area contributed by atoms with Gasteiger partial charge >= 0.3 is 5.97 Å². The van der Waals surface area contributed by atoms with Crippen LogP contribution in [-0.4, -0.2) is 29.6 Å². The lowest BCUT2D eigenvalue weighted by Crippen LogP contribution is -2.41. The van der Waals surface area contributed by atoms with E-state index in [1.54, 1.807) is 13.0 Å². The molecule has 1 atom stereocenters. The van der Waals surface area contributed by atoms with E-state index >= 15 is 0 Å². The molecule has 1 aromatic carbocycles. The van der Waals surface area contributed by atoms with Crippen LogP contribution in [0.3, 0.4) is 0 Å². The van der Waals surface area contributed by atoms with Crippen LogP contribution >= 0.6 is 0 Å². The summed E-state index contributed by atoms with van der Waals surface area (Å²) in [5.74, 6) is -1.30. The van der Waals surface area contributed by atoms with Crippen molar-refractivity contribution in [2.75, 3.05) is 6.54 Å². The Kier molecular flexibility index (Phi) is 4.16. The molecule has 5 heteroatoms. The number of aliphatic carboxylic acids is 1. The maximum absolute atomic E-state index is 12.2. The zero-order chi connectivity index (χ0) is 13.8. The number of carboxylic acid groups (broad SMARTS) is 1. The minimum atomic E-state index is -0.998. The van der Waals surface area contributed by atoms with E-state index in [2.05, 4.69) is 10.6 Å². The Balaban J connectivity index is 2.22. The number of amides is 1. The van der Waals surface area contributed by atoms with Crippen molar-refractivity contribution in [3.05, 3.63) is 34.9 Å². The highest BCUT2D eigenvalue weighted by molar-refractivity contribution is 5.98. The van der Waals surface area contributed by atoms with Crippen LogP contribution in [0.2, 0.25) is 0 Å². The molecule has 1 heterocycles. The molecule has 1 aromatic rings. The Morgan fingerprint density at radius 2 is 2.26 bits per heavy atom. The summed E-state index contributed by atoms with van der Waals surface area (Å²) in [6.45, 7) is 3.34. The molecule has 1 aliphatic heterocycles. The summed E-state index contributed by atoms with van der Waals surface area (Å²) in [6.07, 6.45) is 1.17. The van der Waals surface area contributed by atoms with Crippen LogP contribution in [0.4, 0.5) is 0 Å². The van der Waals surface area contributed by atoms with Crippen molar-refractivity contribution < 1.29 is 14.7 Å². The van der Waals surface area contributed by atoms with E-state index in [-0.39, 0.29) is 5.91 Å². The normalized spacial score (nSPS) is 15.4. The second-order valence-corrected chi connectivity index (χ2v) is 4.64. The summed E-state index contributed by atoms with van der Waals surface area (Å²) in [5.41, 5.74) is 2.74. The van der Waals surface area contributed by atoms with Gasteiger partial charge in [0.05, 0.1) is 0 Å². The largest absolute Gasteiger partial charge is 0.480 e. The highest BCUT2D eigenvalue weighted by atomic mass is 16.4. The number of fused-ring (bicyclic) bond motifs is 1. The van der Waals surface area contributed by atoms with Crippen LogP contribution in [-0.2, 0) is 17.8 Å². The Morgan fingerprint density at radius 3 is 2.95 bits per heavy atom. The molecular formula is C14H18N2O3. The fourth-order valence-electron chi connectivity index (χ4n) is 2.32. The van der Waals surface area contributed by atoms with Crippen LogP contribution in [0.15, 0.2) is 18.2 Å². The number of carboxylic acids is 1. The molecule has 0 fully saturated rings. The lowest BCUT2D eigenvalue weighted by atomic mass is 9.95. The topological polar surface area (TPSA) is 78.4 Å². The highest BCUT2D eigenvalue weighted by Crippen LogP contribution is 2.18. The van der Waals surface area contributed by atoms with E-state index in [4.69, 9.17) is 5.11 Å². The van der Waals surface area contributed by atoms with Crippen molar-refractivity contribution in [1.82, 2.24) is 10.6 Å². The smallest absolute Gasteiger partial charge is 0.326 e. The molecule has 0 saturated heterocycles. The summed E-state index contributed by atoms with van der Waals surface area (Å²) < 4.78 is 0. The molecule has 0 spiro atoms. The van der Waals surface area contributed by atoms with E-state index in [1.165, 1.54) is 0 Å². The molecule has 0 saturated carbocycles. The summed E-state index contributed by atoms with van der Waals surface area (Å²) >= 11 is 0. The SMILES string of the molecule is CC[C@H](NC(=O)c1cccc2c1CCNC2)C(=O)O. The lowest BCUT2D eigenvalue weighted by molar-refractivity contribution is -0.139. The number of hydrogen-bond donors (Lipinski definition) is 3. The van der Waals surface area contributed by atoms with E-state index in [1.807, 2.05) is 12.1 Å². The summed E-state index contributed by atoms with van der Waals surface area (Å²) in [4.78, 5) is 23.2. The quantitative estimate of drug-likeness (QED) is 0.754. The molecule has 1 amide bonds. The van der Waals surface area contributed by atoms with E-state index in [0.29, 0.717) is 12.0 Å². The van der Waals surface area contributed by atoms with Gasteiger partial charge < -0.3 is 15.7 Å². The fraction of sp³-hybridized carbons (Fsp3) is 0.429. The van der Waals surface area contributed by atoms with E-state index < -0.39 is 12.0 Å². The minimum absolute atomic E-state index is 0.298. The first-order valence-corrected chi connectivity index (χ1v) is 6.48. The molecule has 0 aromatic heterocycles. The zero-order valence-corrected chi connectivity index (χ0v) is 10.9. The molecule has 5 nitrogen and oxygen atoms in total. The van der Waals surface area contributed by atoms with Crippen molar-refractivity contribution in [1.29, 1.82) is 0 Å². The summed E-state index contributed by atoms with van der Waals surface area (Å²) in [5, 5.41) is 14.8. The fourth-order valence-corrected chi connectivity index (χ4v) is 2.32. The lowest BCUT2D eigenvalue weighted by Gasteiger charge is -2.21. The Bertz CT molecular complexity index is 499. The van der Waals surface area contributed by atoms with Gasteiger partial charge in [-0.25, -0.2) is 4.79 Å². The van der Waals surface area contributed by atoms with Gasteiger partial charge in [0.2, 0.25) is 0 Å². The predicted octanol–water partition coefficient (Wildman–Crippen LogP) is 0.925. The molecule has 0 bridgehead atoms. The molecule has 2 rings (SSSR count). The molecule has 0 aliphatic carbocycles. The first-order chi connectivity index (χ1) is 9.13. The number of nitrogens with one attached hydrogen (secondary N) is 2. The number of carbonyl (C=O) groups excluding carboxylic acids is 1. The van der Waals surface area contributed by atoms with Gasteiger partial charge in [-0.15, -0.1) is 0 Å². The maximum Gasteiger partial charge on any atom is 0.326 e. The van der Waals surface area contributed by atoms with Gasteiger partial charge in [0.25, 0.3) is 5.91 Å². The summed E-state index contributed by atoms with van der Waals surface area (Å²) in [7, 11) is 0. The van der Waals surface area contributed by atoms with Crippen molar-refractivity contribution in [3.8, 4) is 0 Å². The molecule has 19 heavy (non-hydrogen) atoms. The molecule has 102 valence electrons. The third kappa shape index (κ3) is 2.93. The van der Waals surface area contributed by atoms with Crippen LogP contribution < -0.4 is 10.6 Å². The molecule has 3 N–H and O–H groups in total. The van der Waals surface area contributed by atoms with Crippen LogP contribution in [0.1, 0.15) is 34.8 Å². The second-order valence-electron chi connectivity index (χ2n) is 4.64. The third-order valence-corrected chi connectivity index (χ3v) is 3.40. The van der Waals surface area contributed by atoms with Crippen molar-refractivity contribution in [2.45, 2.75) is 32.4 Å². The molecular weight excluding hydrogens is 244 g/mol. The zero-order valence-electron chi connectivity index (χ0n) is 10.9. The van der Waals surface area contributed by atoms with Gasteiger partial charge in [-0.1, -0.05) is 19.1 Å². The van der Waals surface area contributed by atoms with E-state index in [9.17, 15) is 9.59 Å². The second kappa shape index (κ2) is 5.84. The Labute approximate surface area is 112 Å². The number of hydrogen-bond acceptors (Lipinski definition) is 3. The maximum atomic E-state index is 12.2. The Hall–Kier alpha value is -1.88. The van der Waals surface area contributed by atoms with Crippen LogP contribution in [0.5, 0.6) is 0 Å². The van der Waals surface area contributed by atoms with Crippen molar-refractivity contribution in [3.63, 3.8) is 0 Å². The average molecular weight is 262 g/mol. The van der Waals surface area contributed by atoms with Crippen molar-refractivity contribution >= 4 is 11.9 Å². The van der Waals surface area contributed by atoms with Gasteiger partial charge in [0, 0.05) is 12.1 Å². The minimum Gasteiger partial charge on any atom is -0.480 e. The van der Waals surface area contributed by atoms with Crippen molar-refractivity contribution in [2.24, 2.45) is 0 Å². The van der Waals surface area contributed by atoms with Gasteiger partial charge in [0.15, 0.2) is 0 Å². The van der Waals surface area contributed by atoms with Gasteiger partial charge in [0.1, 0.15) is 6.04 Å². The molecule has 0 radical (unpaired) electrons. The number of carbonyl (C=O) groups is 2. The first-order valence-electron chi connectivity index (χ1n) is 6.48. The Morgan fingerprint density at radius 1 is 1.47 bits per heavy atom. The van der Waals surface area contributed by atoms with Gasteiger partial charge in [-0.05, 0) is 36.6 Å².